The van der Waals surface area contributed by atoms with Gasteiger partial charge in [0.15, 0.2) is 0 Å². The van der Waals surface area contributed by atoms with Crippen LogP contribution in [0.5, 0.6) is 0 Å². The van der Waals surface area contributed by atoms with Crippen molar-refractivity contribution in [1.29, 1.82) is 0 Å². The van der Waals surface area contributed by atoms with Gasteiger partial charge in [-0.05, 0) is 76.4 Å². The summed E-state index contributed by atoms with van der Waals surface area (Å²) >= 11 is 0. The Hall–Kier alpha value is -2.30. The number of nitrogens with zero attached hydrogens (tertiary/aromatic N) is 2. The lowest BCUT2D eigenvalue weighted by molar-refractivity contribution is -0.135. The average molecular weight is 384 g/mol. The third kappa shape index (κ3) is 3.54. The minimum Gasteiger partial charge on any atom is -0.466 e. The number of rotatable bonds is 4. The molecule has 2 atom stereocenters. The molecule has 0 unspecified atom stereocenters. The molecule has 5 heteroatoms. The monoisotopic (exact) mass is 384 g/mol. The minimum atomic E-state index is -0.217. The van der Waals surface area contributed by atoms with Crippen LogP contribution < -0.4 is 4.90 Å². The van der Waals surface area contributed by atoms with Crippen LogP contribution >= 0.6 is 0 Å². The molecule has 0 spiro atoms. The van der Waals surface area contributed by atoms with Gasteiger partial charge in [0.25, 0.3) is 0 Å². The number of furan rings is 1. The Bertz CT molecular complexity index is 843. The fraction of sp³-hybridized carbons (Fsp3) is 0.522. The number of carbonyl (C=O) groups is 1. The first-order valence-corrected chi connectivity index (χ1v) is 10.2. The van der Waals surface area contributed by atoms with Gasteiger partial charge in [-0.3, -0.25) is 4.79 Å². The molecule has 1 amide bonds. The Balaban J connectivity index is 1.51. The molecule has 1 aromatic carbocycles. The maximum absolute atomic E-state index is 13.4. The molecule has 28 heavy (non-hydrogen) atoms. The Kier molecular flexibility index (Phi) is 4.94. The van der Waals surface area contributed by atoms with Gasteiger partial charge < -0.3 is 14.2 Å². The van der Waals surface area contributed by atoms with Crippen molar-refractivity contribution in [2.75, 3.05) is 11.4 Å². The summed E-state index contributed by atoms with van der Waals surface area (Å²) < 4.78 is 19.0. The molecule has 0 bridgehead atoms. The van der Waals surface area contributed by atoms with E-state index in [0.717, 1.165) is 43.0 Å². The van der Waals surface area contributed by atoms with Crippen LogP contribution in [0.2, 0.25) is 0 Å². The third-order valence-corrected chi connectivity index (χ3v) is 6.24. The second-order valence-electron chi connectivity index (χ2n) is 8.74. The molecular weight excluding hydrogens is 355 g/mol. The molecule has 0 radical (unpaired) electrons. The molecule has 0 aliphatic carbocycles. The zero-order valence-electron chi connectivity index (χ0n) is 17.0. The van der Waals surface area contributed by atoms with Crippen molar-refractivity contribution in [3.63, 3.8) is 0 Å². The van der Waals surface area contributed by atoms with E-state index in [1.165, 1.54) is 12.1 Å². The number of piperidine rings is 1. The first kappa shape index (κ1) is 19.0. The van der Waals surface area contributed by atoms with Gasteiger partial charge in [-0.15, -0.1) is 0 Å². The van der Waals surface area contributed by atoms with Crippen LogP contribution in [0.1, 0.15) is 51.1 Å². The average Bonchev–Trinajstić information content (AvgIpc) is 3.19. The molecule has 0 N–H and O–H groups in total. The number of likely N-dealkylation sites (tertiary alicyclic amines) is 1. The SMILES string of the molecule is Cc1ccc(CCC(=O)N2CCC[C@H]3[C@@H]2CC(C)(C)N3c2ccc(F)cc2)o1. The van der Waals surface area contributed by atoms with Gasteiger partial charge in [0.1, 0.15) is 17.3 Å². The summed E-state index contributed by atoms with van der Waals surface area (Å²) in [5.41, 5.74) is 0.966. The lowest BCUT2D eigenvalue weighted by Gasteiger charge is -2.42. The number of hydrogen-bond acceptors (Lipinski definition) is 3. The van der Waals surface area contributed by atoms with Gasteiger partial charge in [0.2, 0.25) is 5.91 Å². The molecule has 2 fully saturated rings. The van der Waals surface area contributed by atoms with E-state index in [-0.39, 0.29) is 29.3 Å². The smallest absolute Gasteiger partial charge is 0.223 e. The first-order valence-electron chi connectivity index (χ1n) is 10.2. The molecule has 2 aliphatic heterocycles. The normalized spacial score (nSPS) is 23.7. The molecular formula is C23H29FN2O2. The van der Waals surface area contributed by atoms with E-state index in [9.17, 15) is 9.18 Å². The molecule has 4 nitrogen and oxygen atoms in total. The topological polar surface area (TPSA) is 36.7 Å². The van der Waals surface area contributed by atoms with E-state index >= 15 is 0 Å². The largest absolute Gasteiger partial charge is 0.466 e. The summed E-state index contributed by atoms with van der Waals surface area (Å²) in [5.74, 6) is 1.75. The summed E-state index contributed by atoms with van der Waals surface area (Å²) in [5, 5.41) is 0. The van der Waals surface area contributed by atoms with Crippen molar-refractivity contribution in [1.82, 2.24) is 4.90 Å². The number of aryl methyl sites for hydroxylation is 2. The van der Waals surface area contributed by atoms with Crippen molar-refractivity contribution in [3.05, 3.63) is 53.7 Å². The molecule has 2 saturated heterocycles. The van der Waals surface area contributed by atoms with Crippen LogP contribution in [0, 0.1) is 12.7 Å². The van der Waals surface area contributed by atoms with Crippen molar-refractivity contribution >= 4 is 11.6 Å². The fourth-order valence-corrected chi connectivity index (χ4v) is 5.09. The minimum absolute atomic E-state index is 0.0752. The molecule has 4 rings (SSSR count). The standard InChI is InChI=1S/C23H29FN2O2/c1-16-6-11-19(28-16)12-13-22(27)25-14-4-5-20-21(25)15-23(2,3)26(20)18-9-7-17(24)8-10-18/h6-11,20-21H,4-5,12-15H2,1-3H3/t20-,21-/m0/s1. The maximum atomic E-state index is 13.4. The van der Waals surface area contributed by atoms with Gasteiger partial charge in [-0.25, -0.2) is 4.39 Å². The van der Waals surface area contributed by atoms with E-state index < -0.39 is 0 Å². The zero-order valence-corrected chi connectivity index (χ0v) is 17.0. The number of anilines is 1. The lowest BCUT2D eigenvalue weighted by Crippen LogP contribution is -2.52. The zero-order chi connectivity index (χ0) is 19.9. The molecule has 2 aliphatic rings. The van der Waals surface area contributed by atoms with Crippen molar-refractivity contribution in [2.24, 2.45) is 0 Å². The van der Waals surface area contributed by atoms with Gasteiger partial charge in [-0.2, -0.15) is 0 Å². The maximum Gasteiger partial charge on any atom is 0.223 e. The Morgan fingerprint density at radius 3 is 2.61 bits per heavy atom. The molecule has 3 heterocycles. The molecule has 0 saturated carbocycles. The van der Waals surface area contributed by atoms with Gasteiger partial charge in [0, 0.05) is 30.6 Å². The second-order valence-corrected chi connectivity index (χ2v) is 8.74. The number of amides is 1. The molecule has 2 aromatic rings. The molecule has 1 aromatic heterocycles. The van der Waals surface area contributed by atoms with E-state index in [1.54, 1.807) is 0 Å². The van der Waals surface area contributed by atoms with Crippen LogP contribution in [0.3, 0.4) is 0 Å². The summed E-state index contributed by atoms with van der Waals surface area (Å²) in [4.78, 5) is 17.5. The highest BCUT2D eigenvalue weighted by molar-refractivity contribution is 5.77. The number of carbonyl (C=O) groups excluding carboxylic acids is 1. The van der Waals surface area contributed by atoms with E-state index in [0.29, 0.717) is 12.8 Å². The molecule has 150 valence electrons. The van der Waals surface area contributed by atoms with Crippen LogP contribution in [0.25, 0.3) is 0 Å². The third-order valence-electron chi connectivity index (χ3n) is 6.24. The first-order chi connectivity index (χ1) is 13.3. The van der Waals surface area contributed by atoms with Gasteiger partial charge in [-0.1, -0.05) is 0 Å². The van der Waals surface area contributed by atoms with Crippen LogP contribution in [-0.2, 0) is 11.2 Å². The van der Waals surface area contributed by atoms with Crippen LogP contribution in [-0.4, -0.2) is 35.0 Å². The Morgan fingerprint density at radius 2 is 1.93 bits per heavy atom. The number of fused-ring (bicyclic) bond motifs is 1. The summed E-state index contributed by atoms with van der Waals surface area (Å²) in [6.45, 7) is 7.20. The highest BCUT2D eigenvalue weighted by atomic mass is 19.1. The number of halogens is 1. The second kappa shape index (κ2) is 7.26. The quantitative estimate of drug-likeness (QED) is 0.766. The number of hydrogen-bond donors (Lipinski definition) is 0. The van der Waals surface area contributed by atoms with Crippen molar-refractivity contribution in [3.8, 4) is 0 Å². The Morgan fingerprint density at radius 1 is 1.18 bits per heavy atom. The fourth-order valence-electron chi connectivity index (χ4n) is 5.09. The van der Waals surface area contributed by atoms with E-state index in [2.05, 4.69) is 23.6 Å². The summed E-state index contributed by atoms with van der Waals surface area (Å²) in [6, 6.07) is 11.2. The Labute approximate surface area is 166 Å². The van der Waals surface area contributed by atoms with Crippen molar-refractivity contribution in [2.45, 2.75) is 70.5 Å². The van der Waals surface area contributed by atoms with E-state index in [4.69, 9.17) is 4.42 Å². The predicted molar refractivity (Wildman–Crippen MR) is 108 cm³/mol. The van der Waals surface area contributed by atoms with Gasteiger partial charge >= 0.3 is 0 Å². The highest BCUT2D eigenvalue weighted by Gasteiger charge is 2.50. The summed E-state index contributed by atoms with van der Waals surface area (Å²) in [6.07, 6.45) is 4.12. The lowest BCUT2D eigenvalue weighted by atomic mass is 9.93. The highest BCUT2D eigenvalue weighted by Crippen LogP contribution is 2.43. The summed E-state index contributed by atoms with van der Waals surface area (Å²) in [7, 11) is 0. The van der Waals surface area contributed by atoms with E-state index in [1.807, 2.05) is 31.2 Å². The number of benzene rings is 1. The van der Waals surface area contributed by atoms with Crippen LogP contribution in [0.4, 0.5) is 10.1 Å². The van der Waals surface area contributed by atoms with Crippen LogP contribution in [0.15, 0.2) is 40.8 Å². The van der Waals surface area contributed by atoms with Gasteiger partial charge in [0.05, 0.1) is 12.1 Å². The predicted octanol–water partition coefficient (Wildman–Crippen LogP) is 4.71. The van der Waals surface area contributed by atoms with Crippen molar-refractivity contribution < 1.29 is 13.6 Å².